The number of hydrogen-bond donors (Lipinski definition) is 4. The molecule has 0 aliphatic heterocycles. The summed E-state index contributed by atoms with van der Waals surface area (Å²) < 4.78 is 60.9. The van der Waals surface area contributed by atoms with Crippen LogP contribution in [0.3, 0.4) is 0 Å². The summed E-state index contributed by atoms with van der Waals surface area (Å²) >= 11 is 0. The van der Waals surface area contributed by atoms with Gasteiger partial charge in [-0.1, -0.05) is 268 Å². The van der Waals surface area contributed by atoms with Crippen molar-refractivity contribution in [2.24, 2.45) is 0 Å². The van der Waals surface area contributed by atoms with Crippen LogP contribution in [-0.4, -0.2) is 95.9 Å². The Hall–Kier alpha value is -2.75. The maximum absolute atomic E-state index is 12.9. The number of phosphoric ester groups is 2. The predicted molar refractivity (Wildman–Crippen MR) is 362 cm³/mol. The van der Waals surface area contributed by atoms with Gasteiger partial charge in [0.1, 0.15) is 25.4 Å². The largest absolute Gasteiger partial charge is 0.472 e. The van der Waals surface area contributed by atoms with Gasteiger partial charge in [0, 0.05) is 19.3 Å². The molecule has 0 amide bonds. The fourth-order valence-corrected chi connectivity index (χ4v) is 11.3. The zero-order valence-electron chi connectivity index (χ0n) is 56.4. The molecule has 0 aliphatic rings. The smallest absolute Gasteiger partial charge is 0.463 e. The number of unbranched alkanes of at least 4 members (excludes halogenated alkanes) is 35. The van der Waals surface area contributed by atoms with Crippen molar-refractivity contribution in [1.82, 2.24) is 0 Å². The Bertz CT molecular complexity index is 1870. The molecule has 89 heavy (non-hydrogen) atoms. The van der Waals surface area contributed by atoms with Crippen LogP contribution < -0.4 is 0 Å². The quantitative estimate of drug-likeness (QED) is 0.0146. The highest BCUT2D eigenvalue weighted by Crippen LogP contribution is 2.45. The fraction of sp³-hybridized carbons (Fsp3) is 0.817. The van der Waals surface area contributed by atoms with Crippen LogP contribution in [0.5, 0.6) is 0 Å². The highest BCUT2D eigenvalue weighted by Gasteiger charge is 2.29. The maximum atomic E-state index is 12.9. The first-order valence-corrected chi connectivity index (χ1v) is 38.6. The zero-order chi connectivity index (χ0) is 65.3. The molecule has 4 N–H and O–H groups in total. The molecule has 0 rings (SSSR count). The number of allylic oxidation sites excluding steroid dienone is 10. The van der Waals surface area contributed by atoms with E-state index >= 15 is 0 Å². The summed E-state index contributed by atoms with van der Waals surface area (Å²) in [5.41, 5.74) is 0. The van der Waals surface area contributed by atoms with Gasteiger partial charge in [0.25, 0.3) is 0 Å². The molecule has 0 aliphatic carbocycles. The summed E-state index contributed by atoms with van der Waals surface area (Å²) in [5, 5.41) is 20.6. The summed E-state index contributed by atoms with van der Waals surface area (Å²) in [7, 11) is -9.76. The Morgan fingerprint density at radius 3 is 0.933 bits per heavy atom. The van der Waals surface area contributed by atoms with Crippen molar-refractivity contribution in [3.8, 4) is 0 Å². The van der Waals surface area contributed by atoms with Crippen LogP contribution in [0, 0.1) is 0 Å². The van der Waals surface area contributed by atoms with E-state index in [4.69, 9.17) is 32.3 Å². The van der Waals surface area contributed by atoms with E-state index in [0.717, 1.165) is 109 Å². The van der Waals surface area contributed by atoms with Crippen LogP contribution in [0.4, 0.5) is 0 Å². The lowest BCUT2D eigenvalue weighted by Gasteiger charge is -2.21. The minimum absolute atomic E-state index is 0.0993. The molecule has 0 aromatic rings. The average molecular weight is 1300 g/mol. The van der Waals surface area contributed by atoms with Gasteiger partial charge in [-0.25, -0.2) is 9.13 Å². The summed E-state index contributed by atoms with van der Waals surface area (Å²) in [5.74, 6) is -1.57. The molecular weight excluding hydrogens is 1170 g/mol. The molecule has 18 heteroatoms. The van der Waals surface area contributed by atoms with E-state index in [1.54, 1.807) is 0 Å². The van der Waals surface area contributed by atoms with Gasteiger partial charge < -0.3 is 34.2 Å². The first kappa shape index (κ1) is 86.2. The van der Waals surface area contributed by atoms with Crippen molar-refractivity contribution in [1.29, 1.82) is 0 Å². The van der Waals surface area contributed by atoms with Gasteiger partial charge in [-0.3, -0.25) is 32.5 Å². The standard InChI is InChI=1S/C71H130O16P2/c1-4-7-10-13-16-19-22-25-27-28-29-30-31-32-33-34-35-36-38-41-42-45-48-51-54-57-69(74)81-60-66(72)61-83-88(77,78)84-62-67(73)63-85-89(79,80)86-65-68(87-71(76)59-56-53-50-47-44-39-24-21-18-15-12-9-6-3)64-82-70(75)58-55-52-49-46-43-40-37-26-23-20-17-14-11-8-5-2/h16,19,21,24-25,27,29-30,32-33,66-68,72-73H,4-15,17-18,20,22-23,26,28,31,34-65H2,1-3H3,(H,77,78)(H,79,80)/b19-16-,24-21-,27-25-,30-29-,33-32-. The van der Waals surface area contributed by atoms with Crippen LogP contribution in [0.15, 0.2) is 60.8 Å². The maximum Gasteiger partial charge on any atom is 0.472 e. The van der Waals surface area contributed by atoms with Gasteiger partial charge in [0.05, 0.1) is 26.4 Å². The fourth-order valence-electron chi connectivity index (χ4n) is 9.73. The van der Waals surface area contributed by atoms with Crippen molar-refractivity contribution >= 4 is 33.6 Å². The number of phosphoric acid groups is 2. The average Bonchev–Trinajstić information content (AvgIpc) is 3.70. The van der Waals surface area contributed by atoms with E-state index in [-0.39, 0.29) is 19.3 Å². The lowest BCUT2D eigenvalue weighted by Crippen LogP contribution is -2.30. The second-order valence-corrected chi connectivity index (χ2v) is 26.9. The van der Waals surface area contributed by atoms with E-state index in [1.165, 1.54) is 148 Å². The molecule has 5 atom stereocenters. The highest BCUT2D eigenvalue weighted by molar-refractivity contribution is 7.47. The van der Waals surface area contributed by atoms with Gasteiger partial charge in [0.15, 0.2) is 6.10 Å². The molecule has 0 spiro atoms. The number of ether oxygens (including phenoxy) is 3. The second kappa shape index (κ2) is 65.3. The third-order valence-corrected chi connectivity index (χ3v) is 17.1. The van der Waals surface area contributed by atoms with Crippen molar-refractivity contribution in [3.63, 3.8) is 0 Å². The van der Waals surface area contributed by atoms with E-state index in [2.05, 4.69) is 81.5 Å². The molecule has 0 saturated heterocycles. The number of rotatable bonds is 68. The summed E-state index contributed by atoms with van der Waals surface area (Å²) in [6, 6.07) is 0. The van der Waals surface area contributed by atoms with Crippen LogP contribution in [0.2, 0.25) is 0 Å². The molecular formula is C71H130O16P2. The molecule has 5 unspecified atom stereocenters. The molecule has 0 aromatic heterocycles. The van der Waals surface area contributed by atoms with E-state index in [9.17, 15) is 43.5 Å². The molecule has 0 heterocycles. The Balaban J connectivity index is 4.51. The zero-order valence-corrected chi connectivity index (χ0v) is 58.1. The van der Waals surface area contributed by atoms with Crippen molar-refractivity contribution in [3.05, 3.63) is 60.8 Å². The second-order valence-electron chi connectivity index (χ2n) is 24.0. The van der Waals surface area contributed by atoms with Crippen LogP contribution >= 0.6 is 15.6 Å². The van der Waals surface area contributed by atoms with Crippen LogP contribution in [0.25, 0.3) is 0 Å². The van der Waals surface area contributed by atoms with Gasteiger partial charge in [0.2, 0.25) is 0 Å². The Kier molecular flexibility index (Phi) is 63.3. The minimum atomic E-state index is -4.92. The summed E-state index contributed by atoms with van der Waals surface area (Å²) in [6.45, 7) is 2.65. The monoisotopic (exact) mass is 1300 g/mol. The van der Waals surface area contributed by atoms with Gasteiger partial charge in [-0.15, -0.1) is 0 Å². The van der Waals surface area contributed by atoms with Crippen molar-refractivity contribution in [2.75, 3.05) is 39.6 Å². The summed E-state index contributed by atoms with van der Waals surface area (Å²) in [4.78, 5) is 58.3. The van der Waals surface area contributed by atoms with Crippen LogP contribution in [-0.2, 0) is 55.8 Å². The predicted octanol–water partition coefficient (Wildman–Crippen LogP) is 19.8. The number of hydrogen-bond acceptors (Lipinski definition) is 14. The molecule has 16 nitrogen and oxygen atoms in total. The first-order chi connectivity index (χ1) is 43.2. The Morgan fingerprint density at radius 2 is 0.562 bits per heavy atom. The summed E-state index contributed by atoms with van der Waals surface area (Å²) in [6.07, 6.45) is 67.0. The van der Waals surface area contributed by atoms with Gasteiger partial charge in [-0.2, -0.15) is 0 Å². The lowest BCUT2D eigenvalue weighted by molar-refractivity contribution is -0.161. The molecule has 520 valence electrons. The lowest BCUT2D eigenvalue weighted by atomic mass is 10.0. The van der Waals surface area contributed by atoms with Gasteiger partial charge >= 0.3 is 33.6 Å². The number of aliphatic hydroxyl groups excluding tert-OH is 2. The van der Waals surface area contributed by atoms with E-state index < -0.39 is 91.5 Å². The number of aliphatic hydroxyl groups is 2. The van der Waals surface area contributed by atoms with Crippen LogP contribution in [0.1, 0.15) is 316 Å². The number of carbonyl (C=O) groups excluding carboxylic acids is 3. The van der Waals surface area contributed by atoms with Crippen molar-refractivity contribution in [2.45, 2.75) is 334 Å². The highest BCUT2D eigenvalue weighted by atomic mass is 31.2. The molecule has 0 saturated carbocycles. The molecule has 0 fully saturated rings. The van der Waals surface area contributed by atoms with E-state index in [1.807, 2.05) is 0 Å². The normalized spacial score (nSPS) is 14.6. The topological polar surface area (TPSA) is 231 Å². The molecule has 0 radical (unpaired) electrons. The van der Waals surface area contributed by atoms with Crippen molar-refractivity contribution < 1.29 is 75.8 Å². The minimum Gasteiger partial charge on any atom is -0.463 e. The molecule has 0 aromatic carbocycles. The van der Waals surface area contributed by atoms with E-state index in [0.29, 0.717) is 19.3 Å². The third-order valence-electron chi connectivity index (χ3n) is 15.2. The molecule has 0 bridgehead atoms. The Morgan fingerprint density at radius 1 is 0.315 bits per heavy atom. The first-order valence-electron chi connectivity index (χ1n) is 35.6. The SMILES string of the molecule is CCCCC/C=C\C/C=C\C/C=C\C/C=C\CCCCCCCCCCCC(=O)OCC(O)COP(=O)(O)OCC(O)COP(=O)(O)OCC(COC(=O)CCCCCCCCCCCCCCCCC)OC(=O)CCCCCCC/C=C\CCCCCC. The Labute approximate surface area is 541 Å². The van der Waals surface area contributed by atoms with Gasteiger partial charge in [-0.05, 0) is 89.9 Å². The number of carbonyl (C=O) groups is 3. The third kappa shape index (κ3) is 66.5. The number of esters is 3.